The van der Waals surface area contributed by atoms with Crippen LogP contribution >= 0.6 is 0 Å². The third-order valence-corrected chi connectivity index (χ3v) is 7.35. The number of hydrogen-bond donors (Lipinski definition) is 1. The Hall–Kier alpha value is -6.02. The topological polar surface area (TPSA) is 102 Å². The highest BCUT2D eigenvalue weighted by Gasteiger charge is 2.37. The Bertz CT molecular complexity index is 1980. The number of hydrogen-bond acceptors (Lipinski definition) is 6. The molecule has 2 aliphatic rings. The van der Waals surface area contributed by atoms with E-state index < -0.39 is 23.6 Å². The van der Waals surface area contributed by atoms with Crippen molar-refractivity contribution in [3.05, 3.63) is 137 Å². The van der Waals surface area contributed by atoms with E-state index in [1.54, 1.807) is 66.7 Å². The highest BCUT2D eigenvalue weighted by atomic mass is 16.5. The fraction of sp³-hybridized carbons (Fsp3) is 0.0286. The van der Waals surface area contributed by atoms with Crippen LogP contribution in [0.1, 0.15) is 47.0 Å². The molecular formula is C35H22N2O6. The van der Waals surface area contributed by atoms with Gasteiger partial charge in [0.15, 0.2) is 0 Å². The summed E-state index contributed by atoms with van der Waals surface area (Å²) in [5.41, 5.74) is 3.98. The first-order valence-corrected chi connectivity index (χ1v) is 13.5. The molecule has 7 rings (SSSR count). The van der Waals surface area contributed by atoms with Crippen molar-refractivity contribution in [1.82, 2.24) is 5.32 Å². The van der Waals surface area contributed by atoms with Crippen LogP contribution in [-0.4, -0.2) is 23.6 Å². The molecule has 5 aromatic rings. The lowest BCUT2D eigenvalue weighted by molar-refractivity contribution is 0.0874. The molecule has 0 radical (unpaired) electrons. The summed E-state index contributed by atoms with van der Waals surface area (Å²) in [4.78, 5) is 51.8. The summed E-state index contributed by atoms with van der Waals surface area (Å²) in [5, 5.41) is 2.27. The molecule has 0 spiro atoms. The van der Waals surface area contributed by atoms with Crippen molar-refractivity contribution in [1.29, 1.82) is 0 Å². The fourth-order valence-electron chi connectivity index (χ4n) is 5.15. The SMILES string of the molecule is Cc1ccc(Oc2cccc(Oc3ccc(N4C(=O)c5ccc(-c6ccc7c(c6)C(=O)NC7=O)cc5C4=O)cc3)c2)cc1. The summed E-state index contributed by atoms with van der Waals surface area (Å²) in [6, 6.07) is 31.5. The normalized spacial score (nSPS) is 13.6. The molecule has 1 N–H and O–H groups in total. The van der Waals surface area contributed by atoms with Crippen LogP contribution in [0.5, 0.6) is 23.0 Å². The second-order valence-electron chi connectivity index (χ2n) is 10.2. The molecule has 0 unspecified atom stereocenters. The van der Waals surface area contributed by atoms with Crippen LogP contribution in [0.3, 0.4) is 0 Å². The summed E-state index contributed by atoms with van der Waals surface area (Å²) in [7, 11) is 0. The van der Waals surface area contributed by atoms with Gasteiger partial charge in [-0.2, -0.15) is 0 Å². The molecule has 208 valence electrons. The summed E-state index contributed by atoms with van der Waals surface area (Å²) in [6.45, 7) is 2.01. The molecule has 0 bridgehead atoms. The molecule has 8 heteroatoms. The highest BCUT2D eigenvalue weighted by Crippen LogP contribution is 2.35. The minimum atomic E-state index is -0.462. The number of fused-ring (bicyclic) bond motifs is 2. The van der Waals surface area contributed by atoms with E-state index in [1.807, 2.05) is 49.4 Å². The maximum Gasteiger partial charge on any atom is 0.266 e. The Morgan fingerprint density at radius 3 is 1.70 bits per heavy atom. The van der Waals surface area contributed by atoms with Crippen molar-refractivity contribution in [2.24, 2.45) is 0 Å². The second-order valence-corrected chi connectivity index (χ2v) is 10.2. The van der Waals surface area contributed by atoms with Crippen molar-refractivity contribution in [2.75, 3.05) is 4.90 Å². The minimum Gasteiger partial charge on any atom is -0.457 e. The average Bonchev–Trinajstić information content (AvgIpc) is 3.44. The Morgan fingerprint density at radius 2 is 1.05 bits per heavy atom. The summed E-state index contributed by atoms with van der Waals surface area (Å²) >= 11 is 0. The van der Waals surface area contributed by atoms with Crippen LogP contribution in [0, 0.1) is 6.92 Å². The van der Waals surface area contributed by atoms with Crippen molar-refractivity contribution < 1.29 is 28.7 Å². The maximum atomic E-state index is 13.4. The van der Waals surface area contributed by atoms with Crippen molar-refractivity contribution in [3.8, 4) is 34.1 Å². The zero-order valence-electron chi connectivity index (χ0n) is 22.8. The molecule has 0 fully saturated rings. The number of anilines is 1. The first kappa shape index (κ1) is 25.9. The molecule has 0 atom stereocenters. The average molecular weight is 567 g/mol. The quantitative estimate of drug-likeness (QED) is 0.224. The van der Waals surface area contributed by atoms with E-state index in [9.17, 15) is 19.2 Å². The van der Waals surface area contributed by atoms with E-state index >= 15 is 0 Å². The lowest BCUT2D eigenvalue weighted by Gasteiger charge is -2.15. The van der Waals surface area contributed by atoms with Gasteiger partial charge in [-0.25, -0.2) is 4.90 Å². The number of benzene rings is 5. The minimum absolute atomic E-state index is 0.259. The molecular weight excluding hydrogens is 544 g/mol. The van der Waals surface area contributed by atoms with Crippen LogP contribution in [0.15, 0.2) is 109 Å². The Labute approximate surface area is 246 Å². The zero-order chi connectivity index (χ0) is 29.7. The van der Waals surface area contributed by atoms with Crippen LogP contribution in [-0.2, 0) is 0 Å². The van der Waals surface area contributed by atoms with Crippen LogP contribution < -0.4 is 19.7 Å². The highest BCUT2D eigenvalue weighted by molar-refractivity contribution is 6.34. The number of imide groups is 2. The first-order chi connectivity index (χ1) is 20.8. The number of rotatable bonds is 6. The van der Waals surface area contributed by atoms with E-state index in [1.165, 1.54) is 0 Å². The van der Waals surface area contributed by atoms with Crippen LogP contribution in [0.4, 0.5) is 5.69 Å². The molecule has 8 nitrogen and oxygen atoms in total. The van der Waals surface area contributed by atoms with Gasteiger partial charge < -0.3 is 9.47 Å². The van der Waals surface area contributed by atoms with E-state index in [-0.39, 0.29) is 16.7 Å². The van der Waals surface area contributed by atoms with Gasteiger partial charge >= 0.3 is 0 Å². The number of carbonyl (C=O) groups is 4. The molecule has 2 aliphatic heterocycles. The Morgan fingerprint density at radius 1 is 0.512 bits per heavy atom. The number of nitrogens with zero attached hydrogens (tertiary/aromatic N) is 1. The predicted octanol–water partition coefficient (Wildman–Crippen LogP) is 6.93. The van der Waals surface area contributed by atoms with Gasteiger partial charge in [-0.3, -0.25) is 24.5 Å². The molecule has 4 amide bonds. The summed E-state index contributed by atoms with van der Waals surface area (Å²) in [6.07, 6.45) is 0. The number of carbonyl (C=O) groups excluding carboxylic acids is 4. The zero-order valence-corrected chi connectivity index (χ0v) is 22.8. The molecule has 0 aromatic heterocycles. The van der Waals surface area contributed by atoms with Gasteiger partial charge in [-0.05, 0) is 90.8 Å². The molecule has 2 heterocycles. The van der Waals surface area contributed by atoms with E-state index in [0.29, 0.717) is 39.6 Å². The molecule has 43 heavy (non-hydrogen) atoms. The molecule has 0 saturated heterocycles. The van der Waals surface area contributed by atoms with Gasteiger partial charge in [0.05, 0.1) is 27.9 Å². The number of aryl methyl sites for hydroxylation is 1. The smallest absolute Gasteiger partial charge is 0.266 e. The molecule has 0 saturated carbocycles. The fourth-order valence-corrected chi connectivity index (χ4v) is 5.15. The van der Waals surface area contributed by atoms with Gasteiger partial charge in [0.1, 0.15) is 23.0 Å². The number of nitrogens with one attached hydrogen (secondary N) is 1. The van der Waals surface area contributed by atoms with Crippen LogP contribution in [0.2, 0.25) is 0 Å². The van der Waals surface area contributed by atoms with Gasteiger partial charge in [-0.15, -0.1) is 0 Å². The van der Waals surface area contributed by atoms with Crippen molar-refractivity contribution in [3.63, 3.8) is 0 Å². The standard InChI is InChI=1S/C35H22N2O6/c1-20-5-11-24(12-6-20)42-26-3-2-4-27(19-26)43-25-13-9-23(10-14-25)37-34(40)29-16-8-22(18-31(29)35(37)41)21-7-15-28-30(17-21)33(39)36-32(28)38/h2-19H,1H3,(H,36,38,39). The van der Waals surface area contributed by atoms with E-state index in [4.69, 9.17) is 9.47 Å². The monoisotopic (exact) mass is 566 g/mol. The lowest BCUT2D eigenvalue weighted by atomic mass is 9.97. The summed E-state index contributed by atoms with van der Waals surface area (Å²) < 4.78 is 11.9. The van der Waals surface area contributed by atoms with Crippen LogP contribution in [0.25, 0.3) is 11.1 Å². The third kappa shape index (κ3) is 4.70. The lowest BCUT2D eigenvalue weighted by Crippen LogP contribution is -2.29. The van der Waals surface area contributed by atoms with Crippen molar-refractivity contribution >= 4 is 29.3 Å². The Kier molecular flexibility index (Phi) is 6.09. The van der Waals surface area contributed by atoms with E-state index in [0.717, 1.165) is 16.2 Å². The van der Waals surface area contributed by atoms with Gasteiger partial charge in [0, 0.05) is 6.07 Å². The second kappa shape index (κ2) is 10.1. The van der Waals surface area contributed by atoms with Gasteiger partial charge in [0.2, 0.25) is 0 Å². The molecule has 0 aliphatic carbocycles. The third-order valence-electron chi connectivity index (χ3n) is 7.35. The van der Waals surface area contributed by atoms with Crippen molar-refractivity contribution in [2.45, 2.75) is 6.92 Å². The number of amides is 4. The van der Waals surface area contributed by atoms with E-state index in [2.05, 4.69) is 5.32 Å². The predicted molar refractivity (Wildman–Crippen MR) is 159 cm³/mol. The summed E-state index contributed by atoms with van der Waals surface area (Å²) in [5.74, 6) is 0.653. The van der Waals surface area contributed by atoms with Gasteiger partial charge in [0.25, 0.3) is 23.6 Å². The first-order valence-electron chi connectivity index (χ1n) is 13.5. The molecule has 5 aromatic carbocycles. The maximum absolute atomic E-state index is 13.4. The van der Waals surface area contributed by atoms with Gasteiger partial charge in [-0.1, -0.05) is 35.9 Å². The Balaban J connectivity index is 1.08. The largest absolute Gasteiger partial charge is 0.457 e. The number of ether oxygens (including phenoxy) is 2.